The van der Waals surface area contributed by atoms with Crippen LogP contribution in [0, 0.1) is 0 Å². The van der Waals surface area contributed by atoms with Crippen molar-refractivity contribution in [3.8, 4) is 0 Å². The van der Waals surface area contributed by atoms with Gasteiger partial charge in [-0.15, -0.1) is 0 Å². The molecule has 2 rings (SSSR count). The Bertz CT molecular complexity index is 518. The topological polar surface area (TPSA) is 63.8 Å². The highest BCUT2D eigenvalue weighted by molar-refractivity contribution is 9.10. The molecule has 0 unspecified atom stereocenters. The van der Waals surface area contributed by atoms with Gasteiger partial charge in [-0.1, -0.05) is 27.5 Å². The summed E-state index contributed by atoms with van der Waals surface area (Å²) >= 11 is 9.37. The molecule has 2 aromatic rings. The van der Waals surface area contributed by atoms with Crippen LogP contribution in [0.3, 0.4) is 0 Å². The van der Waals surface area contributed by atoms with Crippen molar-refractivity contribution < 1.29 is 0 Å². The van der Waals surface area contributed by atoms with E-state index in [9.17, 15) is 0 Å². The van der Waals surface area contributed by atoms with Crippen LogP contribution < -0.4 is 11.1 Å². The van der Waals surface area contributed by atoms with E-state index in [2.05, 4.69) is 31.2 Å². The molecular weight excluding hydrogens is 291 g/mol. The van der Waals surface area contributed by atoms with Crippen molar-refractivity contribution in [2.45, 2.75) is 0 Å². The van der Waals surface area contributed by atoms with E-state index < -0.39 is 0 Å². The van der Waals surface area contributed by atoms with Crippen LogP contribution in [0.15, 0.2) is 34.9 Å². The second-order valence-corrected chi connectivity index (χ2v) is 4.38. The van der Waals surface area contributed by atoms with Crippen LogP contribution in [-0.2, 0) is 0 Å². The number of nitrogens with two attached hydrogens (primary N) is 1. The van der Waals surface area contributed by atoms with Crippen molar-refractivity contribution in [1.82, 2.24) is 9.97 Å². The molecule has 1 heterocycles. The highest BCUT2D eigenvalue weighted by Crippen LogP contribution is 2.27. The molecule has 0 spiro atoms. The number of nitrogens with zero attached hydrogens (tertiary/aromatic N) is 2. The number of rotatable bonds is 2. The first-order valence-electron chi connectivity index (χ1n) is 4.46. The van der Waals surface area contributed by atoms with Crippen LogP contribution in [-0.4, -0.2) is 9.97 Å². The summed E-state index contributed by atoms with van der Waals surface area (Å²) in [5.74, 6) is 0.829. The van der Waals surface area contributed by atoms with E-state index >= 15 is 0 Å². The van der Waals surface area contributed by atoms with Gasteiger partial charge in [-0.2, -0.15) is 4.98 Å². The van der Waals surface area contributed by atoms with Crippen molar-refractivity contribution in [3.63, 3.8) is 0 Å². The van der Waals surface area contributed by atoms with E-state index in [-0.39, 0.29) is 0 Å². The summed E-state index contributed by atoms with van der Waals surface area (Å²) in [4.78, 5) is 8.04. The molecule has 82 valence electrons. The summed E-state index contributed by atoms with van der Waals surface area (Å²) in [7, 11) is 0. The van der Waals surface area contributed by atoms with Crippen LogP contribution in [0.4, 0.5) is 17.5 Å². The van der Waals surface area contributed by atoms with Gasteiger partial charge < -0.3 is 11.1 Å². The Labute approximate surface area is 106 Å². The van der Waals surface area contributed by atoms with Gasteiger partial charge in [-0.25, -0.2) is 4.98 Å². The van der Waals surface area contributed by atoms with Crippen LogP contribution >= 0.6 is 27.5 Å². The third-order valence-corrected chi connectivity index (χ3v) is 2.66. The minimum Gasteiger partial charge on any atom is -0.384 e. The molecule has 0 bridgehead atoms. The van der Waals surface area contributed by atoms with Crippen molar-refractivity contribution in [1.29, 1.82) is 0 Å². The lowest BCUT2D eigenvalue weighted by molar-refractivity contribution is 1.17. The van der Waals surface area contributed by atoms with E-state index in [4.69, 9.17) is 17.3 Å². The highest BCUT2D eigenvalue weighted by atomic mass is 79.9. The molecule has 0 aliphatic carbocycles. The number of anilines is 3. The van der Waals surface area contributed by atoms with Gasteiger partial charge in [0, 0.05) is 10.7 Å². The number of nitrogen functional groups attached to an aromatic ring is 1. The molecule has 16 heavy (non-hydrogen) atoms. The quantitative estimate of drug-likeness (QED) is 0.893. The fourth-order valence-corrected chi connectivity index (χ4v) is 1.86. The van der Waals surface area contributed by atoms with Gasteiger partial charge in [-0.05, 0) is 24.3 Å². The summed E-state index contributed by atoms with van der Waals surface area (Å²) in [6.45, 7) is 0. The monoisotopic (exact) mass is 298 g/mol. The largest absolute Gasteiger partial charge is 0.384 e. The summed E-state index contributed by atoms with van der Waals surface area (Å²) in [5.41, 5.74) is 6.27. The molecule has 4 nitrogen and oxygen atoms in total. The van der Waals surface area contributed by atoms with Crippen molar-refractivity contribution in [3.05, 3.63) is 40.0 Å². The maximum Gasteiger partial charge on any atom is 0.229 e. The normalized spacial score (nSPS) is 10.1. The molecule has 1 aromatic heterocycles. The molecule has 1 aromatic carbocycles. The van der Waals surface area contributed by atoms with Gasteiger partial charge >= 0.3 is 0 Å². The molecule has 6 heteroatoms. The molecule has 0 radical (unpaired) electrons. The molecule has 0 saturated heterocycles. The summed E-state index contributed by atoms with van der Waals surface area (Å²) in [6.07, 6.45) is 1.58. The highest BCUT2D eigenvalue weighted by Gasteiger charge is 2.03. The van der Waals surface area contributed by atoms with Crippen molar-refractivity contribution in [2.24, 2.45) is 0 Å². The zero-order valence-corrected chi connectivity index (χ0v) is 10.5. The Morgan fingerprint density at radius 2 is 2.12 bits per heavy atom. The molecule has 0 saturated carbocycles. The average molecular weight is 300 g/mol. The first kappa shape index (κ1) is 11.2. The minimum atomic E-state index is 0.408. The predicted octanol–water partition coefficient (Wildman–Crippen LogP) is 3.22. The standard InChI is InChI=1S/C10H8BrClN4/c11-6-1-2-8(7(12)5-6)15-10-14-4-3-9(13)16-10/h1-5H,(H3,13,14,15,16). The van der Waals surface area contributed by atoms with Crippen LogP contribution in [0.2, 0.25) is 5.02 Å². The number of benzene rings is 1. The Morgan fingerprint density at radius 1 is 1.31 bits per heavy atom. The predicted molar refractivity (Wildman–Crippen MR) is 68.9 cm³/mol. The van der Waals surface area contributed by atoms with Gasteiger partial charge in [0.25, 0.3) is 0 Å². The second-order valence-electron chi connectivity index (χ2n) is 3.05. The molecule has 3 N–H and O–H groups in total. The maximum atomic E-state index is 6.04. The van der Waals surface area contributed by atoms with E-state index in [0.717, 1.165) is 10.2 Å². The fourth-order valence-electron chi connectivity index (χ4n) is 1.14. The number of halogens is 2. The van der Waals surface area contributed by atoms with Crippen molar-refractivity contribution >= 4 is 45.0 Å². The Hall–Kier alpha value is -1.33. The lowest BCUT2D eigenvalue weighted by Gasteiger charge is -2.07. The first-order valence-corrected chi connectivity index (χ1v) is 5.63. The smallest absolute Gasteiger partial charge is 0.229 e. The molecule has 0 atom stereocenters. The maximum absolute atomic E-state index is 6.04. The van der Waals surface area contributed by atoms with Gasteiger partial charge in [0.15, 0.2) is 0 Å². The Kier molecular flexibility index (Phi) is 3.26. The summed E-state index contributed by atoms with van der Waals surface area (Å²) in [6, 6.07) is 7.12. The third kappa shape index (κ3) is 2.62. The van der Waals surface area contributed by atoms with Crippen LogP contribution in [0.5, 0.6) is 0 Å². The molecule has 0 fully saturated rings. The fraction of sp³-hybridized carbons (Fsp3) is 0. The van der Waals surface area contributed by atoms with Crippen LogP contribution in [0.25, 0.3) is 0 Å². The summed E-state index contributed by atoms with van der Waals surface area (Å²) in [5, 5.41) is 3.57. The van der Waals surface area contributed by atoms with E-state index in [0.29, 0.717) is 16.8 Å². The second kappa shape index (κ2) is 4.67. The van der Waals surface area contributed by atoms with Gasteiger partial charge in [0.05, 0.1) is 10.7 Å². The van der Waals surface area contributed by atoms with E-state index in [1.807, 2.05) is 12.1 Å². The molecule has 0 aliphatic heterocycles. The number of nitrogens with one attached hydrogen (secondary N) is 1. The summed E-state index contributed by atoms with van der Waals surface area (Å²) < 4.78 is 0.913. The van der Waals surface area contributed by atoms with Crippen molar-refractivity contribution in [2.75, 3.05) is 11.1 Å². The third-order valence-electron chi connectivity index (χ3n) is 1.85. The zero-order valence-electron chi connectivity index (χ0n) is 8.11. The van der Waals surface area contributed by atoms with Gasteiger partial charge in [0.1, 0.15) is 5.82 Å². The van der Waals surface area contributed by atoms with E-state index in [1.54, 1.807) is 18.3 Å². The molecule has 0 amide bonds. The van der Waals surface area contributed by atoms with Gasteiger partial charge in [0.2, 0.25) is 5.95 Å². The molecule has 0 aliphatic rings. The lowest BCUT2D eigenvalue weighted by atomic mass is 10.3. The van der Waals surface area contributed by atoms with E-state index in [1.165, 1.54) is 0 Å². The minimum absolute atomic E-state index is 0.408. The van der Waals surface area contributed by atoms with Gasteiger partial charge in [-0.3, -0.25) is 0 Å². The first-order chi connectivity index (χ1) is 7.65. The number of aromatic nitrogens is 2. The molecular formula is C10H8BrClN4. The van der Waals surface area contributed by atoms with Crippen LogP contribution in [0.1, 0.15) is 0 Å². The zero-order chi connectivity index (χ0) is 11.5. The Balaban J connectivity index is 2.27. The number of hydrogen-bond acceptors (Lipinski definition) is 4. The SMILES string of the molecule is Nc1ccnc(Nc2ccc(Br)cc2Cl)n1. The lowest BCUT2D eigenvalue weighted by Crippen LogP contribution is -1.99. The Morgan fingerprint density at radius 3 is 2.81 bits per heavy atom. The number of hydrogen-bond donors (Lipinski definition) is 2. The average Bonchev–Trinajstić information content (AvgIpc) is 2.22.